The molecule has 2 heterocycles. The number of amides is 4. The zero-order valence-corrected chi connectivity index (χ0v) is 25.5. The van der Waals surface area contributed by atoms with Crippen LogP contribution in [0.15, 0.2) is 18.2 Å². The number of aldehydes is 1. The van der Waals surface area contributed by atoms with Crippen molar-refractivity contribution in [2.75, 3.05) is 13.7 Å². The molecule has 2 fully saturated rings. The molecule has 0 radical (unpaired) electrons. The van der Waals surface area contributed by atoms with Gasteiger partial charge in [-0.05, 0) is 45.7 Å². The van der Waals surface area contributed by atoms with Crippen molar-refractivity contribution in [2.45, 2.75) is 76.6 Å². The second kappa shape index (κ2) is 13.7. The molecule has 2 aliphatic heterocycles. The molecule has 0 spiro atoms. The fourth-order valence-corrected chi connectivity index (χ4v) is 5.36. The predicted octanol–water partition coefficient (Wildman–Crippen LogP) is 2.25. The number of quaternary nitrogens is 1. The quantitative estimate of drug-likeness (QED) is 0.243. The third-order valence-corrected chi connectivity index (χ3v) is 7.25. The largest absolute Gasteiger partial charge is 0.460 e. The zero-order chi connectivity index (χ0) is 32.1. The van der Waals surface area contributed by atoms with Gasteiger partial charge in [0.25, 0.3) is 5.91 Å². The highest BCUT2D eigenvalue weighted by Crippen LogP contribution is 2.35. The summed E-state index contributed by atoms with van der Waals surface area (Å²) in [6.07, 6.45) is -1.58. The maximum Gasteiger partial charge on any atom is 0.407 e. The van der Waals surface area contributed by atoms with Crippen LogP contribution in [0.5, 0.6) is 0 Å². The summed E-state index contributed by atoms with van der Waals surface area (Å²) in [6.45, 7) is 4.67. The summed E-state index contributed by atoms with van der Waals surface area (Å²) in [4.78, 5) is 96.6. The summed E-state index contributed by atoms with van der Waals surface area (Å²) in [5.41, 5.74) is -1.11. The number of methoxy groups -OCH3 is 1. The molecule has 4 unspecified atom stereocenters. The summed E-state index contributed by atoms with van der Waals surface area (Å²) in [7, 11) is 1.08. The Balaban J connectivity index is 2.02. The number of hydrogen-bond donors (Lipinski definition) is 2. The monoisotopic (exact) mass is 643 g/mol. The minimum absolute atomic E-state index is 0.0157. The van der Waals surface area contributed by atoms with Crippen LogP contribution in [0.3, 0.4) is 0 Å². The molecule has 4 amide bonds. The number of benzene rings is 1. The Bertz CT molecular complexity index is 1300. The highest BCUT2D eigenvalue weighted by Gasteiger charge is 2.61. The Morgan fingerprint density at radius 2 is 1.79 bits per heavy atom. The minimum atomic E-state index is -1.47. The first-order valence-corrected chi connectivity index (χ1v) is 14.1. The molecule has 2 N–H and O–H groups in total. The maximum atomic E-state index is 14.0. The topological polar surface area (TPSA) is 174 Å². The first-order valence-electron chi connectivity index (χ1n) is 13.4. The van der Waals surface area contributed by atoms with Gasteiger partial charge in [-0.1, -0.05) is 29.3 Å². The molecular weight excluding hydrogens is 611 g/mol. The molecule has 1 aromatic carbocycles. The van der Waals surface area contributed by atoms with Crippen LogP contribution < -0.4 is 10.6 Å². The van der Waals surface area contributed by atoms with Crippen molar-refractivity contribution in [3.8, 4) is 0 Å². The molecule has 1 aromatic rings. The van der Waals surface area contributed by atoms with Crippen LogP contribution in [0, 0.1) is 0 Å². The van der Waals surface area contributed by atoms with Gasteiger partial charge in [0.1, 0.15) is 23.5 Å². The van der Waals surface area contributed by atoms with E-state index in [1.165, 1.54) is 18.2 Å². The normalized spacial score (nSPS) is 22.8. The molecule has 0 aromatic heterocycles. The zero-order valence-electron chi connectivity index (χ0n) is 24.0. The van der Waals surface area contributed by atoms with Gasteiger partial charge in [0.15, 0.2) is 12.6 Å². The van der Waals surface area contributed by atoms with Crippen LogP contribution in [0.4, 0.5) is 4.79 Å². The standard InChI is InChI=1S/C27H32Cl2N4O10/c1-27(2,3)42-21(36)13-15(14-34)30-23(37)19-9-6-12-33(43-25(39)22-16(28)7-5-8-17(22)29)20(35)11-10-18(24(38)32(19)33)31-26(40)41-4/h5,7-8,14-15,18-19H,6,9-13H2,1-4H3,(H-,30,31,37,40)/p+1. The van der Waals surface area contributed by atoms with E-state index in [2.05, 4.69) is 15.4 Å². The van der Waals surface area contributed by atoms with Crippen LogP contribution in [-0.2, 0) is 38.3 Å². The molecule has 16 heteroatoms. The SMILES string of the molecule is COC(=O)NC1CCC(=O)[N+]2(OC(=O)c3c(Cl)cccc3Cl)CCCC(C(=O)NC(C=O)CC(=O)OC(C)(C)C)N2C1=O. The van der Waals surface area contributed by atoms with Crippen LogP contribution >= 0.6 is 23.2 Å². The fraction of sp³-hybridized carbons (Fsp3) is 0.519. The number of alkyl carbamates (subject to hydrolysis) is 1. The van der Waals surface area contributed by atoms with E-state index in [0.717, 1.165) is 12.1 Å². The number of carbonyl (C=O) groups is 7. The molecular formula is C27H33Cl2N4O10+. The number of nitrogens with one attached hydrogen (secondary N) is 2. The Morgan fingerprint density at radius 1 is 1.14 bits per heavy atom. The second-order valence-electron chi connectivity index (χ2n) is 10.9. The van der Waals surface area contributed by atoms with Crippen LogP contribution in [0.2, 0.25) is 10.0 Å². The average Bonchev–Trinajstić information content (AvgIpc) is 3.01. The average molecular weight is 644 g/mol. The molecule has 2 aliphatic rings. The van der Waals surface area contributed by atoms with Gasteiger partial charge in [-0.15, -0.1) is 5.01 Å². The molecule has 2 saturated heterocycles. The van der Waals surface area contributed by atoms with Crippen LogP contribution in [0.1, 0.15) is 63.2 Å². The summed E-state index contributed by atoms with van der Waals surface area (Å²) in [6, 6.07) is 0.106. The van der Waals surface area contributed by atoms with Crippen molar-refractivity contribution in [2.24, 2.45) is 0 Å². The second-order valence-corrected chi connectivity index (χ2v) is 11.7. The number of hydrogen-bond acceptors (Lipinski definition) is 10. The van der Waals surface area contributed by atoms with Gasteiger partial charge in [0.05, 0.1) is 36.0 Å². The van der Waals surface area contributed by atoms with E-state index in [4.69, 9.17) is 32.8 Å². The lowest BCUT2D eigenvalue weighted by Crippen LogP contribution is -2.74. The third-order valence-electron chi connectivity index (χ3n) is 6.62. The van der Waals surface area contributed by atoms with E-state index in [0.29, 0.717) is 6.29 Å². The Labute approximate surface area is 257 Å². The molecule has 234 valence electrons. The van der Waals surface area contributed by atoms with E-state index < -0.39 is 70.7 Å². The van der Waals surface area contributed by atoms with Gasteiger partial charge in [0.2, 0.25) is 5.91 Å². The van der Waals surface area contributed by atoms with Crippen LogP contribution in [0.25, 0.3) is 0 Å². The van der Waals surface area contributed by atoms with Gasteiger partial charge in [-0.2, -0.15) is 0 Å². The molecule has 4 atom stereocenters. The number of carbonyl (C=O) groups excluding carboxylic acids is 7. The lowest BCUT2D eigenvalue weighted by atomic mass is 10.0. The lowest BCUT2D eigenvalue weighted by Gasteiger charge is -2.45. The van der Waals surface area contributed by atoms with E-state index in [-0.39, 0.29) is 47.8 Å². The summed E-state index contributed by atoms with van der Waals surface area (Å²) in [5.74, 6) is -4.50. The molecule has 0 bridgehead atoms. The number of rotatable bonds is 8. The predicted molar refractivity (Wildman–Crippen MR) is 149 cm³/mol. The highest BCUT2D eigenvalue weighted by atomic mass is 35.5. The molecule has 0 aliphatic carbocycles. The summed E-state index contributed by atoms with van der Waals surface area (Å²) < 4.78 is 8.47. The minimum Gasteiger partial charge on any atom is -0.460 e. The number of fused-ring (bicyclic) bond motifs is 1. The van der Waals surface area contributed by atoms with Gasteiger partial charge in [-0.25, -0.2) is 19.2 Å². The van der Waals surface area contributed by atoms with Crippen LogP contribution in [-0.4, -0.2) is 89.2 Å². The van der Waals surface area contributed by atoms with Crippen molar-refractivity contribution in [3.63, 3.8) is 0 Å². The van der Waals surface area contributed by atoms with E-state index in [1.54, 1.807) is 20.8 Å². The molecule has 14 nitrogen and oxygen atoms in total. The van der Waals surface area contributed by atoms with Gasteiger partial charge >= 0.3 is 23.9 Å². The van der Waals surface area contributed by atoms with E-state index >= 15 is 0 Å². The number of nitrogens with zero attached hydrogens (tertiary/aromatic N) is 2. The first kappa shape index (κ1) is 33.7. The van der Waals surface area contributed by atoms with Crippen molar-refractivity contribution in [1.82, 2.24) is 15.6 Å². The van der Waals surface area contributed by atoms with Crippen molar-refractivity contribution in [3.05, 3.63) is 33.8 Å². The van der Waals surface area contributed by atoms with Crippen molar-refractivity contribution >= 4 is 65.2 Å². The van der Waals surface area contributed by atoms with E-state index in [9.17, 15) is 33.6 Å². The smallest absolute Gasteiger partial charge is 0.407 e. The van der Waals surface area contributed by atoms with Gasteiger partial charge in [-0.3, -0.25) is 14.4 Å². The molecule has 43 heavy (non-hydrogen) atoms. The molecule has 3 rings (SSSR count). The fourth-order valence-electron chi connectivity index (χ4n) is 4.81. The van der Waals surface area contributed by atoms with Gasteiger partial charge in [0, 0.05) is 11.2 Å². The Kier molecular flexibility index (Phi) is 10.7. The number of hydroxylamine groups is 2. The lowest BCUT2D eigenvalue weighted by molar-refractivity contribution is -1.11. The third kappa shape index (κ3) is 7.80. The molecule has 0 saturated carbocycles. The van der Waals surface area contributed by atoms with Crippen molar-refractivity contribution in [1.29, 1.82) is 0 Å². The summed E-state index contributed by atoms with van der Waals surface area (Å²) >= 11 is 12.4. The number of esters is 1. The summed E-state index contributed by atoms with van der Waals surface area (Å²) in [5, 5.41) is 5.37. The highest BCUT2D eigenvalue weighted by molar-refractivity contribution is 6.39. The maximum absolute atomic E-state index is 14.0. The van der Waals surface area contributed by atoms with Gasteiger partial charge < -0.3 is 24.9 Å². The Hall–Kier alpha value is -3.75. The van der Waals surface area contributed by atoms with Crippen molar-refractivity contribution < 1.29 is 52.6 Å². The van der Waals surface area contributed by atoms with E-state index in [1.807, 2.05) is 0 Å². The Morgan fingerprint density at radius 3 is 2.37 bits per heavy atom. The number of halogens is 2. The number of ether oxygens (including phenoxy) is 2. The first-order chi connectivity index (χ1) is 20.1.